The molecule has 0 unspecified atom stereocenters. The second-order valence-corrected chi connectivity index (χ2v) is 4.45. The number of rotatable bonds is 6. The van der Waals surface area contributed by atoms with Gasteiger partial charge in [0.2, 0.25) is 0 Å². The third-order valence-corrected chi connectivity index (χ3v) is 2.88. The fraction of sp³-hybridized carbons (Fsp3) is 0.538. The van der Waals surface area contributed by atoms with Gasteiger partial charge >= 0.3 is 0 Å². The molecule has 0 aromatic heterocycles. The van der Waals surface area contributed by atoms with Crippen molar-refractivity contribution in [3.8, 4) is 5.75 Å². The number of ether oxygens (including phenoxy) is 1. The summed E-state index contributed by atoms with van der Waals surface area (Å²) in [5, 5.41) is 3.21. The van der Waals surface area contributed by atoms with Gasteiger partial charge in [0, 0.05) is 12.4 Å². The lowest BCUT2D eigenvalue weighted by molar-refractivity contribution is 0.409. The molecular formula is C13H21NOS. The molecule has 1 aromatic rings. The Morgan fingerprint density at radius 1 is 1.38 bits per heavy atom. The van der Waals surface area contributed by atoms with Gasteiger partial charge < -0.3 is 10.1 Å². The summed E-state index contributed by atoms with van der Waals surface area (Å²) in [6.45, 7) is 5.34. The van der Waals surface area contributed by atoms with E-state index in [1.807, 2.05) is 0 Å². The summed E-state index contributed by atoms with van der Waals surface area (Å²) in [6, 6.07) is 6.44. The number of thiol groups is 1. The van der Waals surface area contributed by atoms with Crippen LogP contribution in [-0.2, 0) is 6.42 Å². The molecule has 0 heterocycles. The fourth-order valence-corrected chi connectivity index (χ4v) is 1.81. The van der Waals surface area contributed by atoms with Crippen molar-refractivity contribution < 1.29 is 4.74 Å². The van der Waals surface area contributed by atoms with E-state index in [1.165, 1.54) is 11.1 Å². The lowest BCUT2D eigenvalue weighted by atomic mass is 9.99. The molecule has 0 atom stereocenters. The molecule has 0 saturated heterocycles. The van der Waals surface area contributed by atoms with E-state index in [9.17, 15) is 0 Å². The number of hydrogen-bond acceptors (Lipinski definition) is 3. The molecule has 0 radical (unpaired) electrons. The Labute approximate surface area is 104 Å². The molecule has 0 fully saturated rings. The van der Waals surface area contributed by atoms with E-state index in [-0.39, 0.29) is 0 Å². The molecule has 2 nitrogen and oxygen atoms in total. The highest BCUT2D eigenvalue weighted by Crippen LogP contribution is 2.24. The van der Waals surface area contributed by atoms with Crippen LogP contribution in [0.1, 0.15) is 30.9 Å². The van der Waals surface area contributed by atoms with Crippen LogP contribution < -0.4 is 10.1 Å². The van der Waals surface area contributed by atoms with Crippen molar-refractivity contribution in [2.24, 2.45) is 0 Å². The standard InChI is InChI=1S/C13H21NOS/c1-10(2)11-4-5-13(15-3)12(8-11)6-7-14-9-16/h4-5,8,10,14,16H,6-7,9H2,1-3H3. The van der Waals surface area contributed by atoms with E-state index in [4.69, 9.17) is 4.74 Å². The largest absolute Gasteiger partial charge is 0.496 e. The predicted octanol–water partition coefficient (Wildman–Crippen LogP) is 2.84. The Kier molecular flexibility index (Phi) is 5.71. The average molecular weight is 239 g/mol. The Bertz CT molecular complexity index is 326. The first-order valence-corrected chi connectivity index (χ1v) is 6.30. The van der Waals surface area contributed by atoms with Gasteiger partial charge in [-0.2, -0.15) is 12.6 Å². The zero-order valence-corrected chi connectivity index (χ0v) is 11.2. The molecule has 1 aromatic carbocycles. The van der Waals surface area contributed by atoms with Crippen LogP contribution in [0.4, 0.5) is 0 Å². The summed E-state index contributed by atoms with van der Waals surface area (Å²) < 4.78 is 5.36. The molecule has 1 rings (SSSR count). The van der Waals surface area contributed by atoms with Gasteiger partial charge in [-0.3, -0.25) is 0 Å². The van der Waals surface area contributed by atoms with Crippen molar-refractivity contribution in [2.45, 2.75) is 26.2 Å². The molecule has 1 N–H and O–H groups in total. The van der Waals surface area contributed by atoms with Crippen LogP contribution in [0.2, 0.25) is 0 Å². The first-order chi connectivity index (χ1) is 7.69. The Morgan fingerprint density at radius 2 is 2.12 bits per heavy atom. The van der Waals surface area contributed by atoms with E-state index in [2.05, 4.69) is 50.0 Å². The average Bonchev–Trinajstić information content (AvgIpc) is 2.29. The van der Waals surface area contributed by atoms with Gasteiger partial charge in [-0.25, -0.2) is 0 Å². The summed E-state index contributed by atoms with van der Waals surface area (Å²) >= 11 is 4.13. The number of benzene rings is 1. The van der Waals surface area contributed by atoms with E-state index in [0.717, 1.165) is 18.7 Å². The van der Waals surface area contributed by atoms with Crippen molar-refractivity contribution in [2.75, 3.05) is 19.5 Å². The zero-order chi connectivity index (χ0) is 12.0. The summed E-state index contributed by atoms with van der Waals surface area (Å²) in [5.41, 5.74) is 2.63. The Balaban J connectivity index is 2.80. The van der Waals surface area contributed by atoms with Gasteiger partial charge in [0.1, 0.15) is 5.75 Å². The SMILES string of the molecule is COc1ccc(C(C)C)cc1CCNCS. The number of nitrogens with one attached hydrogen (secondary N) is 1. The minimum atomic E-state index is 0.558. The number of methoxy groups -OCH3 is 1. The summed E-state index contributed by atoms with van der Waals surface area (Å²) in [4.78, 5) is 0. The lowest BCUT2D eigenvalue weighted by Gasteiger charge is -2.12. The first kappa shape index (κ1) is 13.4. The second kappa shape index (κ2) is 6.81. The monoisotopic (exact) mass is 239 g/mol. The predicted molar refractivity (Wildman–Crippen MR) is 72.6 cm³/mol. The Morgan fingerprint density at radius 3 is 2.69 bits per heavy atom. The van der Waals surface area contributed by atoms with Crippen molar-refractivity contribution in [3.05, 3.63) is 29.3 Å². The molecule has 16 heavy (non-hydrogen) atoms. The maximum absolute atomic E-state index is 5.36. The molecule has 90 valence electrons. The van der Waals surface area contributed by atoms with Crippen molar-refractivity contribution >= 4 is 12.6 Å². The lowest BCUT2D eigenvalue weighted by Crippen LogP contribution is -2.15. The molecular weight excluding hydrogens is 218 g/mol. The maximum atomic E-state index is 5.36. The van der Waals surface area contributed by atoms with Gasteiger partial charge in [-0.1, -0.05) is 26.0 Å². The van der Waals surface area contributed by atoms with Crippen molar-refractivity contribution in [3.63, 3.8) is 0 Å². The van der Waals surface area contributed by atoms with Crippen LogP contribution in [-0.4, -0.2) is 19.5 Å². The topological polar surface area (TPSA) is 21.3 Å². The molecule has 0 aliphatic rings. The minimum absolute atomic E-state index is 0.558. The molecule has 0 aliphatic heterocycles. The van der Waals surface area contributed by atoms with Gasteiger partial charge in [-0.15, -0.1) is 0 Å². The van der Waals surface area contributed by atoms with E-state index >= 15 is 0 Å². The third kappa shape index (κ3) is 3.72. The van der Waals surface area contributed by atoms with Crippen LogP contribution in [0.3, 0.4) is 0 Å². The summed E-state index contributed by atoms with van der Waals surface area (Å²) in [6.07, 6.45) is 0.976. The normalized spacial score (nSPS) is 10.8. The van der Waals surface area contributed by atoms with E-state index in [0.29, 0.717) is 11.8 Å². The van der Waals surface area contributed by atoms with Crippen molar-refractivity contribution in [1.82, 2.24) is 5.32 Å². The molecule has 0 bridgehead atoms. The van der Waals surface area contributed by atoms with Crippen molar-refractivity contribution in [1.29, 1.82) is 0 Å². The Hall–Kier alpha value is -0.670. The van der Waals surface area contributed by atoms with Crippen LogP contribution >= 0.6 is 12.6 Å². The third-order valence-electron chi connectivity index (χ3n) is 2.65. The van der Waals surface area contributed by atoms with Crippen LogP contribution in [0.15, 0.2) is 18.2 Å². The van der Waals surface area contributed by atoms with Gasteiger partial charge in [-0.05, 0) is 29.5 Å². The second-order valence-electron chi connectivity index (χ2n) is 4.13. The summed E-state index contributed by atoms with van der Waals surface area (Å²) in [7, 11) is 1.72. The molecule has 0 amide bonds. The first-order valence-electron chi connectivity index (χ1n) is 5.67. The maximum Gasteiger partial charge on any atom is 0.122 e. The van der Waals surface area contributed by atoms with Gasteiger partial charge in [0.15, 0.2) is 0 Å². The summed E-state index contributed by atoms with van der Waals surface area (Å²) in [5.74, 6) is 2.25. The van der Waals surface area contributed by atoms with Crippen LogP contribution in [0, 0.1) is 0 Å². The van der Waals surface area contributed by atoms with E-state index < -0.39 is 0 Å². The highest BCUT2D eigenvalue weighted by atomic mass is 32.1. The van der Waals surface area contributed by atoms with E-state index in [1.54, 1.807) is 7.11 Å². The minimum Gasteiger partial charge on any atom is -0.496 e. The van der Waals surface area contributed by atoms with Crippen LogP contribution in [0.25, 0.3) is 0 Å². The highest BCUT2D eigenvalue weighted by Gasteiger charge is 2.06. The molecule has 0 spiro atoms. The zero-order valence-electron chi connectivity index (χ0n) is 10.3. The number of hydrogen-bond donors (Lipinski definition) is 2. The molecule has 0 saturated carbocycles. The fourth-order valence-electron chi connectivity index (χ4n) is 1.66. The van der Waals surface area contributed by atoms with Gasteiger partial charge in [0.05, 0.1) is 7.11 Å². The van der Waals surface area contributed by atoms with Crippen LogP contribution in [0.5, 0.6) is 5.75 Å². The molecule has 0 aliphatic carbocycles. The smallest absolute Gasteiger partial charge is 0.122 e. The molecule has 3 heteroatoms. The highest BCUT2D eigenvalue weighted by molar-refractivity contribution is 7.80. The van der Waals surface area contributed by atoms with Gasteiger partial charge in [0.25, 0.3) is 0 Å². The quantitative estimate of drug-likeness (QED) is 0.452.